The van der Waals surface area contributed by atoms with Crippen LogP contribution in [-0.4, -0.2) is 43.6 Å². The van der Waals surface area contributed by atoms with Crippen LogP contribution in [0, 0.1) is 5.82 Å². The van der Waals surface area contributed by atoms with Gasteiger partial charge in [0.05, 0.1) is 13.7 Å². The molecule has 0 aliphatic heterocycles. The minimum absolute atomic E-state index is 0.0483. The molecule has 0 spiro atoms. The van der Waals surface area contributed by atoms with Crippen molar-refractivity contribution in [1.29, 1.82) is 0 Å². The quantitative estimate of drug-likeness (QED) is 0.570. The zero-order valence-electron chi connectivity index (χ0n) is 12.1. The van der Waals surface area contributed by atoms with E-state index in [4.69, 9.17) is 9.47 Å². The van der Waals surface area contributed by atoms with E-state index in [0.717, 1.165) is 6.07 Å². The first-order valence-corrected chi connectivity index (χ1v) is 6.42. The Balaban J connectivity index is 2.92. The highest BCUT2D eigenvalue weighted by Gasteiger charge is 2.19. The summed E-state index contributed by atoms with van der Waals surface area (Å²) in [4.78, 5) is 25.0. The molecule has 0 radical (unpaired) electrons. The summed E-state index contributed by atoms with van der Waals surface area (Å²) in [5.41, 5.74) is 0.124. The highest BCUT2D eigenvalue weighted by atomic mass is 19.1. The maximum Gasteiger partial charge on any atom is 0.325 e. The molecule has 0 saturated heterocycles. The second-order valence-corrected chi connectivity index (χ2v) is 4.13. The van der Waals surface area contributed by atoms with Crippen molar-refractivity contribution in [3.8, 4) is 5.75 Å². The Hall–Kier alpha value is -2.37. The van der Waals surface area contributed by atoms with Crippen molar-refractivity contribution in [1.82, 2.24) is 4.90 Å². The van der Waals surface area contributed by atoms with Crippen LogP contribution in [0.4, 0.5) is 4.39 Å². The van der Waals surface area contributed by atoms with Crippen molar-refractivity contribution in [2.24, 2.45) is 0 Å². The van der Waals surface area contributed by atoms with Crippen molar-refractivity contribution >= 4 is 11.9 Å². The molecule has 0 heterocycles. The first-order valence-electron chi connectivity index (χ1n) is 6.42. The lowest BCUT2D eigenvalue weighted by molar-refractivity contribution is -0.143. The van der Waals surface area contributed by atoms with E-state index >= 15 is 0 Å². The predicted octanol–water partition coefficient (Wildman–Crippen LogP) is 2.03. The van der Waals surface area contributed by atoms with Gasteiger partial charge in [-0.1, -0.05) is 6.08 Å². The number of hydrogen-bond donors (Lipinski definition) is 0. The van der Waals surface area contributed by atoms with E-state index in [9.17, 15) is 14.0 Å². The SMILES string of the molecule is C=CCN(CC(=O)OCC)C(=O)c1ccc(OC)c(F)c1. The van der Waals surface area contributed by atoms with Crippen LogP contribution in [0.5, 0.6) is 5.75 Å². The molecule has 0 aromatic heterocycles. The predicted molar refractivity (Wildman–Crippen MR) is 75.7 cm³/mol. The molecule has 0 fully saturated rings. The molecule has 0 unspecified atom stereocenters. The van der Waals surface area contributed by atoms with Crippen LogP contribution in [0.15, 0.2) is 30.9 Å². The van der Waals surface area contributed by atoms with Gasteiger partial charge < -0.3 is 14.4 Å². The first kappa shape index (κ1) is 16.7. The fourth-order valence-electron chi connectivity index (χ4n) is 1.72. The van der Waals surface area contributed by atoms with Gasteiger partial charge in [0.25, 0.3) is 5.91 Å². The number of halogens is 1. The van der Waals surface area contributed by atoms with Crippen LogP contribution in [0.3, 0.4) is 0 Å². The molecule has 1 aromatic rings. The van der Waals surface area contributed by atoms with E-state index in [0.29, 0.717) is 0 Å². The van der Waals surface area contributed by atoms with Crippen molar-refractivity contribution in [3.63, 3.8) is 0 Å². The van der Waals surface area contributed by atoms with Crippen LogP contribution < -0.4 is 4.74 Å². The molecule has 0 N–H and O–H groups in total. The Labute approximate surface area is 123 Å². The van der Waals surface area contributed by atoms with Gasteiger partial charge in [0.15, 0.2) is 11.6 Å². The summed E-state index contributed by atoms with van der Waals surface area (Å²) in [5, 5.41) is 0. The topological polar surface area (TPSA) is 55.8 Å². The number of rotatable bonds is 7. The third-order valence-electron chi connectivity index (χ3n) is 2.66. The second-order valence-electron chi connectivity index (χ2n) is 4.13. The van der Waals surface area contributed by atoms with Gasteiger partial charge in [-0.3, -0.25) is 9.59 Å². The van der Waals surface area contributed by atoms with Crippen LogP contribution in [0.2, 0.25) is 0 Å². The number of benzene rings is 1. The molecule has 5 nitrogen and oxygen atoms in total. The number of carbonyl (C=O) groups is 2. The molecule has 21 heavy (non-hydrogen) atoms. The molecule has 1 aromatic carbocycles. The molecule has 0 aliphatic rings. The summed E-state index contributed by atoms with van der Waals surface area (Å²) < 4.78 is 23.2. The summed E-state index contributed by atoms with van der Waals surface area (Å²) >= 11 is 0. The molecule has 0 bridgehead atoms. The Morgan fingerprint density at radius 2 is 2.14 bits per heavy atom. The lowest BCUT2D eigenvalue weighted by Gasteiger charge is -2.20. The number of methoxy groups -OCH3 is 1. The van der Waals surface area contributed by atoms with Gasteiger partial charge >= 0.3 is 5.97 Å². The van der Waals surface area contributed by atoms with Crippen LogP contribution >= 0.6 is 0 Å². The molecule has 114 valence electrons. The summed E-state index contributed by atoms with van der Waals surface area (Å²) in [5.74, 6) is -1.60. The second kappa shape index (κ2) is 8.04. The molecular formula is C15H18FNO4. The van der Waals surface area contributed by atoms with Gasteiger partial charge in [0.2, 0.25) is 0 Å². The van der Waals surface area contributed by atoms with Gasteiger partial charge in [-0.2, -0.15) is 0 Å². The average molecular weight is 295 g/mol. The molecule has 1 amide bonds. The monoisotopic (exact) mass is 295 g/mol. The van der Waals surface area contributed by atoms with Crippen molar-refractivity contribution < 1.29 is 23.5 Å². The minimum Gasteiger partial charge on any atom is -0.494 e. The summed E-state index contributed by atoms with van der Waals surface area (Å²) in [7, 11) is 1.34. The Bertz CT molecular complexity index is 530. The van der Waals surface area contributed by atoms with Crippen molar-refractivity contribution in [2.75, 3.05) is 26.8 Å². The van der Waals surface area contributed by atoms with Crippen LogP contribution in [-0.2, 0) is 9.53 Å². The van der Waals surface area contributed by atoms with Gasteiger partial charge in [-0.25, -0.2) is 4.39 Å². The smallest absolute Gasteiger partial charge is 0.325 e. The van der Waals surface area contributed by atoms with Gasteiger partial charge in [0, 0.05) is 12.1 Å². The summed E-state index contributed by atoms with van der Waals surface area (Å²) in [6.45, 7) is 5.38. The molecule has 0 atom stereocenters. The molecule has 1 rings (SSSR count). The van der Waals surface area contributed by atoms with E-state index in [1.54, 1.807) is 6.92 Å². The largest absolute Gasteiger partial charge is 0.494 e. The molecular weight excluding hydrogens is 277 g/mol. The number of ether oxygens (including phenoxy) is 2. The minimum atomic E-state index is -0.641. The van der Waals surface area contributed by atoms with E-state index in [1.807, 2.05) is 0 Å². The van der Waals surface area contributed by atoms with Crippen molar-refractivity contribution in [3.05, 3.63) is 42.2 Å². The number of carbonyl (C=O) groups excluding carboxylic acids is 2. The molecule has 6 heteroatoms. The van der Waals surface area contributed by atoms with Crippen molar-refractivity contribution in [2.45, 2.75) is 6.92 Å². The Morgan fingerprint density at radius 1 is 1.43 bits per heavy atom. The van der Waals surface area contributed by atoms with E-state index < -0.39 is 17.7 Å². The molecule has 0 aliphatic carbocycles. The highest BCUT2D eigenvalue weighted by molar-refractivity contribution is 5.96. The normalized spacial score (nSPS) is 9.86. The van der Waals surface area contributed by atoms with E-state index in [2.05, 4.69) is 6.58 Å². The number of hydrogen-bond acceptors (Lipinski definition) is 4. The summed E-state index contributed by atoms with van der Waals surface area (Å²) in [6.07, 6.45) is 1.48. The number of esters is 1. The third-order valence-corrected chi connectivity index (χ3v) is 2.66. The third kappa shape index (κ3) is 4.59. The van der Waals surface area contributed by atoms with Crippen LogP contribution in [0.25, 0.3) is 0 Å². The Morgan fingerprint density at radius 3 is 2.67 bits per heavy atom. The maximum atomic E-state index is 13.6. The summed E-state index contributed by atoms with van der Waals surface area (Å²) in [6, 6.07) is 3.87. The van der Waals surface area contributed by atoms with E-state index in [1.165, 1.54) is 30.2 Å². The lowest BCUT2D eigenvalue weighted by atomic mass is 10.1. The average Bonchev–Trinajstić information content (AvgIpc) is 2.46. The fraction of sp³-hybridized carbons (Fsp3) is 0.333. The van der Waals surface area contributed by atoms with Gasteiger partial charge in [-0.05, 0) is 25.1 Å². The van der Waals surface area contributed by atoms with Gasteiger partial charge in [-0.15, -0.1) is 6.58 Å². The first-order chi connectivity index (χ1) is 10.0. The Kier molecular flexibility index (Phi) is 6.39. The van der Waals surface area contributed by atoms with E-state index in [-0.39, 0.29) is 31.0 Å². The maximum absolute atomic E-state index is 13.6. The van der Waals surface area contributed by atoms with Gasteiger partial charge in [0.1, 0.15) is 6.54 Å². The zero-order valence-corrected chi connectivity index (χ0v) is 12.1. The number of amides is 1. The zero-order chi connectivity index (χ0) is 15.8. The molecule has 0 saturated carbocycles. The highest BCUT2D eigenvalue weighted by Crippen LogP contribution is 2.18. The standard InChI is InChI=1S/C15H18FNO4/c1-4-8-17(10-14(18)21-5-2)15(19)11-6-7-13(20-3)12(16)9-11/h4,6-7,9H,1,5,8,10H2,2-3H3. The lowest BCUT2D eigenvalue weighted by Crippen LogP contribution is -2.36. The van der Waals surface area contributed by atoms with Crippen LogP contribution in [0.1, 0.15) is 17.3 Å². The fourth-order valence-corrected chi connectivity index (χ4v) is 1.72. The number of nitrogens with zero attached hydrogens (tertiary/aromatic N) is 1.